The zero-order valence-corrected chi connectivity index (χ0v) is 10.0. The molecule has 0 radical (unpaired) electrons. The number of carbonyl (C=O) groups is 1. The maximum absolute atomic E-state index is 11.5. The van der Waals surface area contributed by atoms with E-state index in [2.05, 4.69) is 28.5 Å². The highest BCUT2D eigenvalue weighted by atomic mass is 32.1. The molecular weight excluding hydrogens is 232 g/mol. The minimum atomic E-state index is -0.125. The van der Waals surface area contributed by atoms with Crippen molar-refractivity contribution in [2.75, 3.05) is 0 Å². The molecule has 17 heavy (non-hydrogen) atoms. The molecule has 1 aromatic carbocycles. The molecular formula is C13H10N2OS. The number of fused-ring (bicyclic) bond motifs is 1. The van der Waals surface area contributed by atoms with E-state index in [0.717, 1.165) is 4.88 Å². The molecule has 1 amide bonds. The Labute approximate surface area is 102 Å². The third-order valence-corrected chi connectivity index (χ3v) is 3.60. The number of amides is 1. The minimum Gasteiger partial charge on any atom is -0.309 e. The number of rotatable bonds is 1. The highest BCUT2D eigenvalue weighted by Gasteiger charge is 2.16. The van der Waals surface area contributed by atoms with Gasteiger partial charge in [0.05, 0.1) is 0 Å². The number of carbonyl (C=O) groups excluding carboxylic acids is 1. The van der Waals surface area contributed by atoms with Gasteiger partial charge < -0.3 is 5.32 Å². The molecule has 1 aliphatic heterocycles. The van der Waals surface area contributed by atoms with Crippen molar-refractivity contribution in [1.29, 1.82) is 0 Å². The Hall–Kier alpha value is -1.94. The van der Waals surface area contributed by atoms with Gasteiger partial charge in [-0.05, 0) is 30.5 Å². The first kappa shape index (κ1) is 10.2. The number of nitrogens with zero attached hydrogens (tertiary/aromatic N) is 1. The Morgan fingerprint density at radius 2 is 2.18 bits per heavy atom. The van der Waals surface area contributed by atoms with Crippen LogP contribution in [-0.4, -0.2) is 11.7 Å². The number of hydrogen-bond acceptors (Lipinski definition) is 3. The summed E-state index contributed by atoms with van der Waals surface area (Å²) in [5.41, 5.74) is 0.481. The third kappa shape index (κ3) is 1.87. The number of thiophene rings is 1. The van der Waals surface area contributed by atoms with Crippen molar-refractivity contribution in [2.45, 2.75) is 6.92 Å². The van der Waals surface area contributed by atoms with Crippen LogP contribution in [0, 0.1) is 0 Å². The lowest BCUT2D eigenvalue weighted by molar-refractivity contribution is -0.115. The molecule has 0 atom stereocenters. The molecule has 0 unspecified atom stereocenters. The standard InChI is InChI=1S/C13H10N2OS/c1-8-14-11(13(16)15-8)7-10-6-9-4-2-3-5-12(9)17-10/h2-7H,1H3,(H,14,15,16)/b11-7+. The molecule has 2 heterocycles. The van der Waals surface area contributed by atoms with Crippen LogP contribution >= 0.6 is 11.3 Å². The summed E-state index contributed by atoms with van der Waals surface area (Å²) in [5, 5.41) is 3.87. The second-order valence-corrected chi connectivity index (χ2v) is 4.98. The highest BCUT2D eigenvalue weighted by Crippen LogP contribution is 2.27. The Kier molecular flexibility index (Phi) is 2.30. The molecule has 1 N–H and O–H groups in total. The van der Waals surface area contributed by atoms with Crippen LogP contribution in [0.15, 0.2) is 41.0 Å². The summed E-state index contributed by atoms with van der Waals surface area (Å²) in [7, 11) is 0. The lowest BCUT2D eigenvalue weighted by Crippen LogP contribution is -2.21. The molecule has 3 nitrogen and oxygen atoms in total. The fourth-order valence-corrected chi connectivity index (χ4v) is 2.80. The van der Waals surface area contributed by atoms with E-state index in [9.17, 15) is 4.79 Å². The summed E-state index contributed by atoms with van der Waals surface area (Å²) in [4.78, 5) is 16.7. The van der Waals surface area contributed by atoms with E-state index in [0.29, 0.717) is 11.5 Å². The second kappa shape index (κ2) is 3.82. The molecule has 3 rings (SSSR count). The Morgan fingerprint density at radius 1 is 1.35 bits per heavy atom. The summed E-state index contributed by atoms with van der Waals surface area (Å²) < 4.78 is 1.22. The van der Waals surface area contributed by atoms with Crippen LogP contribution in [0.3, 0.4) is 0 Å². The summed E-state index contributed by atoms with van der Waals surface area (Å²) in [6, 6.07) is 10.2. The van der Waals surface area contributed by atoms with E-state index >= 15 is 0 Å². The van der Waals surface area contributed by atoms with Gasteiger partial charge in [0, 0.05) is 9.58 Å². The van der Waals surface area contributed by atoms with E-state index in [1.54, 1.807) is 18.3 Å². The van der Waals surface area contributed by atoms with E-state index < -0.39 is 0 Å². The second-order valence-electron chi connectivity index (χ2n) is 3.87. The quantitative estimate of drug-likeness (QED) is 0.768. The fraction of sp³-hybridized carbons (Fsp3) is 0.0769. The number of aliphatic imine (C=N–C) groups is 1. The normalized spacial score (nSPS) is 17.6. The van der Waals surface area contributed by atoms with E-state index in [-0.39, 0.29) is 5.91 Å². The maximum atomic E-state index is 11.5. The summed E-state index contributed by atoms with van der Waals surface area (Å²) >= 11 is 1.66. The SMILES string of the molecule is CC1=N/C(=C/c2cc3ccccc3s2)C(=O)N1. The first-order valence-electron chi connectivity index (χ1n) is 5.29. The Balaban J connectivity index is 2.05. The Morgan fingerprint density at radius 3 is 2.88 bits per heavy atom. The molecule has 1 aromatic heterocycles. The van der Waals surface area contributed by atoms with Crippen LogP contribution in [0.5, 0.6) is 0 Å². The summed E-state index contributed by atoms with van der Waals surface area (Å²) in [6.45, 7) is 1.78. The number of hydrogen-bond donors (Lipinski definition) is 1. The van der Waals surface area contributed by atoms with Crippen LogP contribution in [0.25, 0.3) is 16.2 Å². The van der Waals surface area contributed by atoms with Gasteiger partial charge in [-0.2, -0.15) is 0 Å². The molecule has 0 saturated carbocycles. The zero-order chi connectivity index (χ0) is 11.8. The largest absolute Gasteiger partial charge is 0.309 e. The van der Waals surface area contributed by atoms with Crippen molar-refractivity contribution < 1.29 is 4.79 Å². The molecule has 0 fully saturated rings. The predicted octanol–water partition coefficient (Wildman–Crippen LogP) is 2.79. The molecule has 84 valence electrons. The van der Waals surface area contributed by atoms with Crippen molar-refractivity contribution in [3.05, 3.63) is 40.9 Å². The molecule has 0 aliphatic carbocycles. The van der Waals surface area contributed by atoms with Gasteiger partial charge in [-0.25, -0.2) is 4.99 Å². The van der Waals surface area contributed by atoms with Gasteiger partial charge >= 0.3 is 0 Å². The number of benzene rings is 1. The molecule has 0 spiro atoms. The lowest BCUT2D eigenvalue weighted by Gasteiger charge is -1.89. The van der Waals surface area contributed by atoms with Crippen molar-refractivity contribution in [2.24, 2.45) is 4.99 Å². The average Bonchev–Trinajstić information content (AvgIpc) is 2.82. The van der Waals surface area contributed by atoms with Crippen molar-refractivity contribution >= 4 is 39.2 Å². The average molecular weight is 242 g/mol. The van der Waals surface area contributed by atoms with E-state index in [4.69, 9.17) is 0 Å². The smallest absolute Gasteiger partial charge is 0.275 e. The van der Waals surface area contributed by atoms with E-state index in [1.807, 2.05) is 18.2 Å². The molecule has 0 saturated heterocycles. The summed E-state index contributed by atoms with van der Waals surface area (Å²) in [5.74, 6) is 0.530. The summed E-state index contributed by atoms with van der Waals surface area (Å²) in [6.07, 6.45) is 1.83. The fourth-order valence-electron chi connectivity index (χ4n) is 1.79. The lowest BCUT2D eigenvalue weighted by atomic mass is 10.2. The zero-order valence-electron chi connectivity index (χ0n) is 9.23. The van der Waals surface area contributed by atoms with Crippen LogP contribution in [-0.2, 0) is 4.79 Å². The van der Waals surface area contributed by atoms with Crippen LogP contribution in [0.1, 0.15) is 11.8 Å². The molecule has 1 aliphatic rings. The van der Waals surface area contributed by atoms with Gasteiger partial charge in [0.1, 0.15) is 11.5 Å². The van der Waals surface area contributed by atoms with Crippen molar-refractivity contribution in [3.63, 3.8) is 0 Å². The molecule has 2 aromatic rings. The topological polar surface area (TPSA) is 41.5 Å². The third-order valence-electron chi connectivity index (χ3n) is 2.54. The van der Waals surface area contributed by atoms with Gasteiger partial charge in [-0.15, -0.1) is 11.3 Å². The molecule has 4 heteroatoms. The van der Waals surface area contributed by atoms with Gasteiger partial charge in [0.25, 0.3) is 5.91 Å². The number of nitrogens with one attached hydrogen (secondary N) is 1. The van der Waals surface area contributed by atoms with Crippen molar-refractivity contribution in [1.82, 2.24) is 5.32 Å². The first-order valence-corrected chi connectivity index (χ1v) is 6.11. The highest BCUT2D eigenvalue weighted by molar-refractivity contribution is 7.19. The number of amidine groups is 1. The van der Waals surface area contributed by atoms with Gasteiger partial charge in [0.2, 0.25) is 0 Å². The minimum absolute atomic E-state index is 0.125. The van der Waals surface area contributed by atoms with Crippen molar-refractivity contribution in [3.8, 4) is 0 Å². The Bertz CT molecular complexity index is 634. The predicted molar refractivity (Wildman–Crippen MR) is 71.1 cm³/mol. The maximum Gasteiger partial charge on any atom is 0.275 e. The van der Waals surface area contributed by atoms with E-state index in [1.165, 1.54) is 10.1 Å². The van der Waals surface area contributed by atoms with Crippen LogP contribution in [0.2, 0.25) is 0 Å². The van der Waals surface area contributed by atoms with Gasteiger partial charge in [-0.1, -0.05) is 18.2 Å². The first-order chi connectivity index (χ1) is 8.22. The van der Waals surface area contributed by atoms with Crippen LogP contribution in [0.4, 0.5) is 0 Å². The van der Waals surface area contributed by atoms with Crippen LogP contribution < -0.4 is 5.32 Å². The monoisotopic (exact) mass is 242 g/mol. The van der Waals surface area contributed by atoms with Gasteiger partial charge in [-0.3, -0.25) is 4.79 Å². The van der Waals surface area contributed by atoms with Gasteiger partial charge in [0.15, 0.2) is 0 Å². The molecule has 0 bridgehead atoms.